The van der Waals surface area contributed by atoms with Crippen LogP contribution in [0.25, 0.3) is 0 Å². The Hall–Kier alpha value is -2.09. The van der Waals surface area contributed by atoms with E-state index in [1.54, 1.807) is 0 Å². The van der Waals surface area contributed by atoms with Crippen LogP contribution in [0, 0.1) is 11.3 Å². The van der Waals surface area contributed by atoms with E-state index in [0.717, 1.165) is 42.5 Å². The summed E-state index contributed by atoms with van der Waals surface area (Å²) >= 11 is 0. The number of halogens is 2. The van der Waals surface area contributed by atoms with E-state index < -0.39 is 11.3 Å². The molecule has 2 fully saturated rings. The van der Waals surface area contributed by atoms with E-state index in [9.17, 15) is 14.0 Å². The highest BCUT2D eigenvalue weighted by Crippen LogP contribution is 2.43. The molecule has 2 saturated carbocycles. The highest BCUT2D eigenvalue weighted by atomic mass is 19.3. The highest BCUT2D eigenvalue weighted by Gasteiger charge is 2.38. The Balaban J connectivity index is 1.89. The number of rotatable bonds is 5. The zero-order valence-electron chi connectivity index (χ0n) is 16.1. The molecule has 0 amide bonds. The number of hydrogen-bond acceptors (Lipinski definition) is 3. The monoisotopic (exact) mass is 373 g/mol. The van der Waals surface area contributed by atoms with Gasteiger partial charge in [-0.15, -0.1) is 0 Å². The molecule has 2 aliphatic carbocycles. The molecular formula is C22H29F2N3. The van der Waals surface area contributed by atoms with Gasteiger partial charge in [0.05, 0.1) is 22.9 Å². The van der Waals surface area contributed by atoms with Crippen LogP contribution in [0.5, 0.6) is 0 Å². The van der Waals surface area contributed by atoms with Crippen molar-refractivity contribution in [2.45, 2.75) is 75.7 Å². The largest absolute Gasteiger partial charge is 0.397 e. The summed E-state index contributed by atoms with van der Waals surface area (Å²) in [6.07, 6.45) is 4.60. The summed E-state index contributed by atoms with van der Waals surface area (Å²) in [5.74, 6) is -2.55. The number of nitrogens with zero attached hydrogens (tertiary/aromatic N) is 2. The van der Waals surface area contributed by atoms with E-state index in [1.807, 2.05) is 25.1 Å². The number of anilines is 2. The third-order valence-corrected chi connectivity index (χ3v) is 6.13. The molecule has 0 aliphatic heterocycles. The van der Waals surface area contributed by atoms with E-state index in [1.165, 1.54) is 0 Å². The minimum atomic E-state index is -2.55. The van der Waals surface area contributed by atoms with Crippen LogP contribution in [-0.4, -0.2) is 18.5 Å². The predicted molar refractivity (Wildman–Crippen MR) is 106 cm³/mol. The first-order valence-electron chi connectivity index (χ1n) is 9.86. The molecule has 0 aromatic heterocycles. The van der Waals surface area contributed by atoms with E-state index in [0.29, 0.717) is 25.1 Å². The topological polar surface area (TPSA) is 53.0 Å². The summed E-state index contributed by atoms with van der Waals surface area (Å²) in [6.45, 7) is 6.55. The van der Waals surface area contributed by atoms with Crippen molar-refractivity contribution < 1.29 is 8.78 Å². The van der Waals surface area contributed by atoms with E-state index >= 15 is 0 Å². The smallest absolute Gasteiger partial charge is 0.248 e. The normalized spacial score (nSPS) is 21.6. The van der Waals surface area contributed by atoms with Gasteiger partial charge in [-0.1, -0.05) is 31.1 Å². The summed E-state index contributed by atoms with van der Waals surface area (Å²) < 4.78 is 27.2. The molecule has 27 heavy (non-hydrogen) atoms. The lowest BCUT2D eigenvalue weighted by molar-refractivity contribution is -0.0379. The van der Waals surface area contributed by atoms with Crippen LogP contribution in [0.15, 0.2) is 30.4 Å². The molecule has 1 aromatic rings. The Morgan fingerprint density at radius 1 is 1.26 bits per heavy atom. The Morgan fingerprint density at radius 2 is 1.89 bits per heavy atom. The zero-order chi connectivity index (χ0) is 19.7. The van der Waals surface area contributed by atoms with Crippen LogP contribution >= 0.6 is 0 Å². The fraction of sp³-hybridized carbons (Fsp3) is 0.591. The summed E-state index contributed by atoms with van der Waals surface area (Å²) in [7, 11) is 0. The predicted octanol–water partition coefficient (Wildman–Crippen LogP) is 5.56. The molecule has 0 saturated heterocycles. The quantitative estimate of drug-likeness (QED) is 0.543. The fourth-order valence-corrected chi connectivity index (χ4v) is 4.60. The summed E-state index contributed by atoms with van der Waals surface area (Å²) in [5.41, 5.74) is 9.41. The molecule has 2 aliphatic rings. The van der Waals surface area contributed by atoms with E-state index in [4.69, 9.17) is 5.73 Å². The van der Waals surface area contributed by atoms with Crippen molar-refractivity contribution in [3.63, 3.8) is 0 Å². The van der Waals surface area contributed by atoms with Crippen LogP contribution in [0.3, 0.4) is 0 Å². The second-order valence-electron chi connectivity index (χ2n) is 8.35. The van der Waals surface area contributed by atoms with Crippen LogP contribution < -0.4 is 10.6 Å². The Kier molecular flexibility index (Phi) is 5.46. The maximum Gasteiger partial charge on any atom is 0.248 e. The maximum atomic E-state index is 13.6. The first-order chi connectivity index (χ1) is 12.8. The van der Waals surface area contributed by atoms with Crippen LogP contribution in [0.1, 0.15) is 63.9 Å². The molecule has 2 N–H and O–H groups in total. The standard InChI is InChI=1S/C22H29F2N3/c1-16(2)14-27(18-7-11-22(23,24)12-8-18)20-6-5-17(13-19(20)26)21(15-25)9-3-4-10-21/h5-6,13,18H,1,3-4,7-12,14,26H2,2H3. The molecule has 146 valence electrons. The van der Waals surface area contributed by atoms with Crippen molar-refractivity contribution >= 4 is 11.4 Å². The van der Waals surface area contributed by atoms with Gasteiger partial charge in [0.15, 0.2) is 0 Å². The van der Waals surface area contributed by atoms with Crippen molar-refractivity contribution in [1.82, 2.24) is 0 Å². The van der Waals surface area contributed by atoms with Gasteiger partial charge in [0.2, 0.25) is 5.92 Å². The fourth-order valence-electron chi connectivity index (χ4n) is 4.60. The lowest BCUT2D eigenvalue weighted by atomic mass is 9.80. The summed E-state index contributed by atoms with van der Waals surface area (Å²) in [4.78, 5) is 2.13. The molecule has 0 unspecified atom stereocenters. The number of nitriles is 1. The van der Waals surface area contributed by atoms with Crippen molar-refractivity contribution in [3.8, 4) is 6.07 Å². The zero-order valence-corrected chi connectivity index (χ0v) is 16.1. The summed E-state index contributed by atoms with van der Waals surface area (Å²) in [5, 5.41) is 9.73. The number of nitrogens with two attached hydrogens (primary N) is 1. The minimum absolute atomic E-state index is 0.0332. The molecule has 3 rings (SSSR count). The molecule has 0 atom stereocenters. The minimum Gasteiger partial charge on any atom is -0.397 e. The number of benzene rings is 1. The van der Waals surface area contributed by atoms with Crippen molar-refractivity contribution in [1.29, 1.82) is 5.26 Å². The van der Waals surface area contributed by atoms with Gasteiger partial charge in [-0.2, -0.15) is 5.26 Å². The molecule has 0 bridgehead atoms. The molecule has 0 heterocycles. The van der Waals surface area contributed by atoms with E-state index in [-0.39, 0.29) is 18.9 Å². The highest BCUT2D eigenvalue weighted by molar-refractivity contribution is 5.70. The first kappa shape index (κ1) is 19.7. The van der Waals surface area contributed by atoms with Gasteiger partial charge in [-0.25, -0.2) is 8.78 Å². The molecule has 0 spiro atoms. The molecular weight excluding hydrogens is 344 g/mol. The average molecular weight is 373 g/mol. The van der Waals surface area contributed by atoms with Crippen LogP contribution in [0.2, 0.25) is 0 Å². The molecule has 1 aromatic carbocycles. The summed E-state index contributed by atoms with van der Waals surface area (Å²) in [6, 6.07) is 8.44. The van der Waals surface area contributed by atoms with Gasteiger partial charge < -0.3 is 10.6 Å². The SMILES string of the molecule is C=C(C)CN(c1ccc(C2(C#N)CCCC2)cc1N)C1CCC(F)(F)CC1. The Morgan fingerprint density at radius 3 is 2.41 bits per heavy atom. The van der Waals surface area contributed by atoms with Gasteiger partial charge in [-0.05, 0) is 50.3 Å². The molecule has 0 radical (unpaired) electrons. The van der Waals surface area contributed by atoms with Gasteiger partial charge in [-0.3, -0.25) is 0 Å². The lowest BCUT2D eigenvalue weighted by Gasteiger charge is -2.39. The molecule has 5 heteroatoms. The van der Waals surface area contributed by atoms with Crippen molar-refractivity contribution in [2.24, 2.45) is 0 Å². The number of alkyl halides is 2. The van der Waals surface area contributed by atoms with Crippen molar-refractivity contribution in [3.05, 3.63) is 35.9 Å². The maximum absolute atomic E-state index is 13.6. The van der Waals surface area contributed by atoms with Gasteiger partial charge in [0.1, 0.15) is 0 Å². The van der Waals surface area contributed by atoms with Gasteiger partial charge in [0.25, 0.3) is 0 Å². The second kappa shape index (κ2) is 7.50. The van der Waals surface area contributed by atoms with Crippen molar-refractivity contribution in [2.75, 3.05) is 17.2 Å². The van der Waals surface area contributed by atoms with Crippen LogP contribution in [-0.2, 0) is 5.41 Å². The van der Waals surface area contributed by atoms with Gasteiger partial charge >= 0.3 is 0 Å². The number of hydrogen-bond donors (Lipinski definition) is 1. The number of nitrogen functional groups attached to an aromatic ring is 1. The average Bonchev–Trinajstić information content (AvgIpc) is 3.10. The third-order valence-electron chi connectivity index (χ3n) is 6.13. The lowest BCUT2D eigenvalue weighted by Crippen LogP contribution is -2.42. The first-order valence-corrected chi connectivity index (χ1v) is 9.86. The second-order valence-corrected chi connectivity index (χ2v) is 8.35. The van der Waals surface area contributed by atoms with E-state index in [2.05, 4.69) is 17.5 Å². The Labute approximate surface area is 160 Å². The third kappa shape index (κ3) is 4.10. The molecule has 3 nitrogen and oxygen atoms in total. The Bertz CT molecular complexity index is 734. The van der Waals surface area contributed by atoms with Gasteiger partial charge in [0, 0.05) is 25.4 Å². The van der Waals surface area contributed by atoms with Crippen LogP contribution in [0.4, 0.5) is 20.2 Å².